The van der Waals surface area contributed by atoms with E-state index in [1.54, 1.807) is 45.3 Å². The highest BCUT2D eigenvalue weighted by Crippen LogP contribution is 2.45. The molecule has 1 unspecified atom stereocenters. The molecule has 19 nitrogen and oxygen atoms in total. The number of aromatic nitrogens is 1. The van der Waals surface area contributed by atoms with E-state index in [0.29, 0.717) is 68.3 Å². The third-order valence-corrected chi connectivity index (χ3v) is 16.3. The lowest BCUT2D eigenvalue weighted by Crippen LogP contribution is -2.51. The zero-order valence-corrected chi connectivity index (χ0v) is 46.6. The molecule has 1 aliphatic carbocycles. The number of hydrogen-bond acceptors (Lipinski definition) is 17. The minimum Gasteiger partial charge on any atom is -0.493 e. The third kappa shape index (κ3) is 13.2. The molecule has 80 heavy (non-hydrogen) atoms. The van der Waals surface area contributed by atoms with Gasteiger partial charge in [0.25, 0.3) is 11.8 Å². The van der Waals surface area contributed by atoms with E-state index in [4.69, 9.17) is 43.7 Å². The summed E-state index contributed by atoms with van der Waals surface area (Å²) in [7, 11) is 7.36. The second-order valence-electron chi connectivity index (χ2n) is 19.3. The Kier molecular flexibility index (Phi) is 19.1. The maximum Gasteiger partial charge on any atom is 0.412 e. The van der Waals surface area contributed by atoms with Gasteiger partial charge >= 0.3 is 12.2 Å². The van der Waals surface area contributed by atoms with E-state index in [1.165, 1.54) is 49.0 Å². The van der Waals surface area contributed by atoms with E-state index in [0.717, 1.165) is 38.4 Å². The van der Waals surface area contributed by atoms with E-state index in [-0.39, 0.29) is 85.5 Å². The summed E-state index contributed by atoms with van der Waals surface area (Å²) in [6.45, 7) is 10.3. The Morgan fingerprint density at radius 1 is 0.762 bits per heavy atom. The predicted molar refractivity (Wildman–Crippen MR) is 307 cm³/mol. The van der Waals surface area contributed by atoms with Crippen LogP contribution in [0.2, 0.25) is 0 Å². The van der Waals surface area contributed by atoms with Gasteiger partial charge in [-0.2, -0.15) is 0 Å². The molecule has 3 aliphatic heterocycles. The highest BCUT2D eigenvalue weighted by atomic mass is 33.1. The quantitative estimate of drug-likeness (QED) is 0.0155. The number of pyridine rings is 1. The molecule has 9 rings (SSSR count). The Bertz CT molecular complexity index is 3060. The first-order valence-electron chi connectivity index (χ1n) is 26.3. The lowest BCUT2D eigenvalue weighted by atomic mass is 9.98. The monoisotopic (exact) mass is 1130 g/mol. The normalized spacial score (nSPS) is 17.6. The molecule has 1 aromatic heterocycles. The third-order valence-electron chi connectivity index (χ3n) is 14.1. The van der Waals surface area contributed by atoms with Gasteiger partial charge in [-0.25, -0.2) is 14.6 Å². The highest BCUT2D eigenvalue weighted by Gasteiger charge is 2.45. The molecule has 4 amide bonds. The van der Waals surface area contributed by atoms with Crippen molar-refractivity contribution in [1.82, 2.24) is 19.7 Å². The molecule has 0 bridgehead atoms. The van der Waals surface area contributed by atoms with Gasteiger partial charge in [0.15, 0.2) is 29.2 Å². The van der Waals surface area contributed by atoms with Crippen molar-refractivity contribution in [2.75, 3.05) is 90.8 Å². The first kappa shape index (κ1) is 56.8. The van der Waals surface area contributed by atoms with Crippen LogP contribution in [0, 0.1) is 0 Å². The number of nitrogens with one attached hydrogen (secondary N) is 1. The molecule has 3 N–H and O–H groups in total. The van der Waals surface area contributed by atoms with Crippen LogP contribution < -0.4 is 30.0 Å². The average molecular weight is 1130 g/mol. The summed E-state index contributed by atoms with van der Waals surface area (Å²) in [5.41, 5.74) is 13.5. The van der Waals surface area contributed by atoms with Crippen molar-refractivity contribution < 1.29 is 57.2 Å². The molecule has 3 fully saturated rings. The molecular weight excluding hydrogens is 1060 g/mol. The van der Waals surface area contributed by atoms with Crippen molar-refractivity contribution >= 4 is 63.2 Å². The zero-order chi connectivity index (χ0) is 56.1. The van der Waals surface area contributed by atoms with E-state index in [2.05, 4.69) is 52.9 Å². The van der Waals surface area contributed by atoms with Crippen LogP contribution in [-0.4, -0.2) is 148 Å². The maximum atomic E-state index is 14.4. The van der Waals surface area contributed by atoms with Crippen LogP contribution >= 0.6 is 21.6 Å². The number of unbranched alkanes of at least 4 members (excludes halogenated alkanes) is 2. The van der Waals surface area contributed by atoms with Crippen LogP contribution in [0.4, 0.5) is 21.0 Å². The average Bonchev–Trinajstić information content (AvgIpc) is 4.28. The van der Waals surface area contributed by atoms with Gasteiger partial charge in [-0.1, -0.05) is 94.9 Å². The number of nitrogens with two attached hydrogens (primary N) is 1. The van der Waals surface area contributed by atoms with Gasteiger partial charge in [-0.05, 0) is 89.4 Å². The number of nitrogens with zero attached hydrogens (tertiary/aromatic N) is 5. The molecule has 0 spiro atoms. The van der Waals surface area contributed by atoms with Crippen LogP contribution in [0.15, 0.2) is 132 Å². The number of nitrogen functional groups attached to an aromatic ring is 1. The molecule has 3 saturated heterocycles. The van der Waals surface area contributed by atoms with Crippen molar-refractivity contribution in [2.24, 2.45) is 5.16 Å². The number of hydrogen-bond donors (Lipinski definition) is 2. The smallest absolute Gasteiger partial charge is 0.412 e. The van der Waals surface area contributed by atoms with Crippen molar-refractivity contribution in [3.05, 3.63) is 144 Å². The number of likely N-dealkylation sites (tertiary alicyclic amines) is 2. The number of rotatable bonds is 23. The second kappa shape index (κ2) is 26.9. The number of ether oxygens (including phenoxy) is 7. The number of oxime groups is 1. The van der Waals surface area contributed by atoms with Crippen molar-refractivity contribution in [2.45, 2.75) is 61.4 Å². The Morgan fingerprint density at radius 3 is 2.10 bits per heavy atom. The minimum atomic E-state index is -0.756. The zero-order valence-electron chi connectivity index (χ0n) is 45.0. The van der Waals surface area contributed by atoms with Gasteiger partial charge in [-0.3, -0.25) is 19.8 Å². The molecule has 0 saturated carbocycles. The van der Waals surface area contributed by atoms with Crippen molar-refractivity contribution in [1.29, 1.82) is 0 Å². The van der Waals surface area contributed by atoms with Gasteiger partial charge in [0.05, 0.1) is 75.7 Å². The fourth-order valence-electron chi connectivity index (χ4n) is 10.3. The van der Waals surface area contributed by atoms with Crippen molar-refractivity contribution in [3.63, 3.8) is 0 Å². The summed E-state index contributed by atoms with van der Waals surface area (Å²) in [5, 5.41) is 7.49. The first-order chi connectivity index (χ1) is 39.0. The van der Waals surface area contributed by atoms with Crippen LogP contribution in [-0.2, 0) is 19.0 Å². The number of carbonyl (C=O) groups excluding carboxylic acids is 4. The Hall–Kier alpha value is -7.88. The van der Waals surface area contributed by atoms with E-state index >= 15 is 0 Å². The fourth-order valence-corrected chi connectivity index (χ4v) is 12.0. The summed E-state index contributed by atoms with van der Waals surface area (Å²) in [6, 6.07) is 27.3. The molecule has 3 atom stereocenters. The van der Waals surface area contributed by atoms with Crippen molar-refractivity contribution in [3.8, 4) is 34.1 Å². The summed E-state index contributed by atoms with van der Waals surface area (Å²) in [5.74, 6) is 0.941. The minimum absolute atomic E-state index is 0.105. The van der Waals surface area contributed by atoms with Crippen LogP contribution in [0.25, 0.3) is 11.1 Å². The number of benzene rings is 4. The molecular formula is C59H65N7O12S2. The Balaban J connectivity index is 0.784. The van der Waals surface area contributed by atoms with Gasteiger partial charge in [0, 0.05) is 48.8 Å². The fraction of sp³-hybridized carbons (Fsp3) is 0.356. The second-order valence-corrected chi connectivity index (χ2v) is 21.8. The Labute approximate surface area is 473 Å². The lowest BCUT2D eigenvalue weighted by molar-refractivity contribution is -0.0211. The van der Waals surface area contributed by atoms with Crippen LogP contribution in [0.5, 0.6) is 23.0 Å². The maximum absolute atomic E-state index is 14.4. The topological polar surface area (TPSA) is 215 Å². The van der Waals surface area contributed by atoms with Gasteiger partial charge in [0.1, 0.15) is 25.3 Å². The van der Waals surface area contributed by atoms with Gasteiger partial charge in [0.2, 0.25) is 0 Å². The summed E-state index contributed by atoms with van der Waals surface area (Å²) >= 11 is 0. The van der Waals surface area contributed by atoms with Gasteiger partial charge < -0.3 is 53.5 Å². The molecule has 4 heterocycles. The first-order valence-corrected chi connectivity index (χ1v) is 28.6. The number of methoxy groups -OCH3 is 2. The predicted octanol–water partition coefficient (Wildman–Crippen LogP) is 10.1. The largest absolute Gasteiger partial charge is 0.493 e. The molecule has 420 valence electrons. The van der Waals surface area contributed by atoms with E-state index < -0.39 is 30.5 Å². The molecule has 5 aromatic rings. The molecule has 21 heteroatoms. The summed E-state index contributed by atoms with van der Waals surface area (Å²) in [4.78, 5) is 69.7. The number of fused-ring (bicyclic) bond motifs is 3. The SMILES string of the molecule is C=C1C[C@@H](/C=N/OC)N(C(=O)c2cc(OC)c(OCCCCCOc3cc(N)c(C(=O)N4CC(=C)C[C@H]4C4OCCN4C(=O)OCC4c5ccccc5-c5ccccc54)cc3OC)cc2NC(=O)OCCSSc2ccccn2)C1. The van der Waals surface area contributed by atoms with Crippen LogP contribution in [0.3, 0.4) is 0 Å². The van der Waals surface area contributed by atoms with Crippen LogP contribution in [0.1, 0.15) is 69.9 Å². The lowest BCUT2D eigenvalue weighted by Gasteiger charge is -2.33. The number of carbonyl (C=O) groups is 4. The number of amides is 4. The van der Waals surface area contributed by atoms with Gasteiger partial charge in [-0.15, -0.1) is 0 Å². The number of anilines is 2. The molecule has 0 radical (unpaired) electrons. The standard InChI is InChI=1S/C59H65N7O12S2/c1-37-27-39(33-62-73-5)65(34-37)56(68)45-30-51(72-4)53(32-48(45)63-58(69)77-25-26-79-80-54-19-11-12-20-61-54)75-23-14-6-13-22-74-52-31-47(60)44(29-50(52)71-3)55(67)66-35-38(2)28-49(66)57-64(21-24-76-57)59(70)78-36-46-42-17-9-7-15-40(42)41-16-8-10-18-43(41)46/h7-12,15-20,29-33,39,46,49,57H,1-2,6,13-14,21-28,34-36,60H2,3-5H3,(H,63,69)/b62-33+/t39-,49-,57?/m0/s1. The Morgan fingerprint density at radius 2 is 1.41 bits per heavy atom. The van der Waals surface area contributed by atoms with E-state index in [9.17, 15) is 19.2 Å². The summed E-state index contributed by atoms with van der Waals surface area (Å²) in [6.07, 6.45) is 4.11. The van der Waals surface area contributed by atoms with E-state index in [1.807, 2.05) is 42.5 Å². The summed E-state index contributed by atoms with van der Waals surface area (Å²) < 4.78 is 41.5. The molecule has 4 aliphatic rings. The highest BCUT2D eigenvalue weighted by molar-refractivity contribution is 8.76. The molecule has 4 aromatic carbocycles.